The second-order valence-corrected chi connectivity index (χ2v) is 5.07. The molecule has 0 fully saturated rings. The van der Waals surface area contributed by atoms with Crippen LogP contribution in [0.1, 0.15) is 25.8 Å². The highest BCUT2D eigenvalue weighted by Crippen LogP contribution is 2.20. The van der Waals surface area contributed by atoms with Gasteiger partial charge in [0.15, 0.2) is 11.6 Å². The average Bonchev–Trinajstić information content (AvgIpc) is 2.43. The minimum absolute atomic E-state index is 0.0753. The summed E-state index contributed by atoms with van der Waals surface area (Å²) in [7, 11) is 1.64. The van der Waals surface area contributed by atoms with E-state index in [4.69, 9.17) is 9.47 Å². The zero-order valence-electron chi connectivity index (χ0n) is 12.4. The molecule has 114 valence electrons. The van der Waals surface area contributed by atoms with E-state index >= 15 is 0 Å². The third-order valence-electron chi connectivity index (χ3n) is 3.11. The van der Waals surface area contributed by atoms with Crippen LogP contribution in [0.2, 0.25) is 0 Å². The lowest BCUT2D eigenvalue weighted by molar-refractivity contribution is 0.00733. The number of ether oxygens (including phenoxy) is 2. The summed E-state index contributed by atoms with van der Waals surface area (Å²) in [6, 6.07) is 4.84. The molecule has 1 aromatic rings. The van der Waals surface area contributed by atoms with Crippen molar-refractivity contribution in [3.05, 3.63) is 29.6 Å². The molecule has 0 aliphatic heterocycles. The largest absolute Gasteiger partial charge is 0.488 e. The molecular weight excluding hydrogens is 261 g/mol. The molecule has 0 aliphatic carbocycles. The Morgan fingerprint density at radius 1 is 1.40 bits per heavy atom. The number of halogens is 1. The van der Waals surface area contributed by atoms with Gasteiger partial charge in [0.25, 0.3) is 0 Å². The maximum atomic E-state index is 13.8. The summed E-state index contributed by atoms with van der Waals surface area (Å²) in [5.74, 6) is -0.248. The van der Waals surface area contributed by atoms with E-state index in [0.29, 0.717) is 19.6 Å². The predicted octanol–water partition coefficient (Wildman–Crippen LogP) is 2.10. The smallest absolute Gasteiger partial charge is 0.165 e. The van der Waals surface area contributed by atoms with Gasteiger partial charge < -0.3 is 19.9 Å². The summed E-state index contributed by atoms with van der Waals surface area (Å²) in [6.45, 7) is 5.51. The molecule has 0 radical (unpaired) electrons. The molecule has 1 unspecified atom stereocenters. The van der Waals surface area contributed by atoms with Gasteiger partial charge in [-0.3, -0.25) is 0 Å². The van der Waals surface area contributed by atoms with Gasteiger partial charge in [0.2, 0.25) is 0 Å². The summed E-state index contributed by atoms with van der Waals surface area (Å²) in [4.78, 5) is 0. The lowest BCUT2D eigenvalue weighted by Crippen LogP contribution is -2.31. The van der Waals surface area contributed by atoms with Crippen LogP contribution >= 0.6 is 0 Å². The van der Waals surface area contributed by atoms with Gasteiger partial charge >= 0.3 is 0 Å². The molecule has 0 aromatic heterocycles. The molecule has 1 rings (SSSR count). The molecule has 0 spiro atoms. The number of hydrogen-bond acceptors (Lipinski definition) is 4. The Morgan fingerprint density at radius 2 is 2.15 bits per heavy atom. The van der Waals surface area contributed by atoms with Gasteiger partial charge in [-0.05, 0) is 31.0 Å². The number of nitrogens with one attached hydrogen (secondary N) is 1. The van der Waals surface area contributed by atoms with Crippen molar-refractivity contribution in [1.29, 1.82) is 0 Å². The zero-order valence-corrected chi connectivity index (χ0v) is 12.4. The van der Waals surface area contributed by atoms with E-state index < -0.39 is 11.4 Å². The Kier molecular flexibility index (Phi) is 6.91. The van der Waals surface area contributed by atoms with E-state index in [1.165, 1.54) is 6.07 Å². The summed E-state index contributed by atoms with van der Waals surface area (Å²) in [5, 5.41) is 13.0. The highest BCUT2D eigenvalue weighted by molar-refractivity contribution is 5.29. The predicted molar refractivity (Wildman–Crippen MR) is 76.4 cm³/mol. The van der Waals surface area contributed by atoms with Crippen LogP contribution in [-0.4, -0.2) is 37.6 Å². The van der Waals surface area contributed by atoms with Gasteiger partial charge in [0, 0.05) is 20.2 Å². The first kappa shape index (κ1) is 16.9. The fourth-order valence-electron chi connectivity index (χ4n) is 1.51. The SMILES string of the molecule is CCC(C)(O)COc1ccc(CNCCOC)cc1F. The van der Waals surface area contributed by atoms with Gasteiger partial charge in [-0.2, -0.15) is 0 Å². The van der Waals surface area contributed by atoms with Gasteiger partial charge in [-0.1, -0.05) is 13.0 Å². The van der Waals surface area contributed by atoms with Crippen molar-refractivity contribution in [3.63, 3.8) is 0 Å². The molecule has 1 aromatic carbocycles. The maximum Gasteiger partial charge on any atom is 0.165 e. The van der Waals surface area contributed by atoms with Gasteiger partial charge in [0.05, 0.1) is 12.2 Å². The topological polar surface area (TPSA) is 50.7 Å². The Bertz CT molecular complexity index is 410. The van der Waals surface area contributed by atoms with Crippen LogP contribution in [0.25, 0.3) is 0 Å². The number of hydrogen-bond donors (Lipinski definition) is 2. The van der Waals surface area contributed by atoms with Crippen LogP contribution in [0.4, 0.5) is 4.39 Å². The van der Waals surface area contributed by atoms with E-state index in [1.807, 2.05) is 6.92 Å². The van der Waals surface area contributed by atoms with Gasteiger partial charge in [-0.25, -0.2) is 4.39 Å². The fraction of sp³-hybridized carbons (Fsp3) is 0.600. The molecule has 0 amide bonds. The van der Waals surface area contributed by atoms with Crippen LogP contribution in [0.5, 0.6) is 5.75 Å². The molecule has 4 nitrogen and oxygen atoms in total. The first-order valence-electron chi connectivity index (χ1n) is 6.82. The monoisotopic (exact) mass is 285 g/mol. The minimum atomic E-state index is -0.938. The van der Waals surface area contributed by atoms with E-state index in [2.05, 4.69) is 5.32 Å². The van der Waals surface area contributed by atoms with Crippen molar-refractivity contribution >= 4 is 0 Å². The molecule has 0 saturated heterocycles. The second kappa shape index (κ2) is 8.19. The summed E-state index contributed by atoms with van der Waals surface area (Å²) < 4.78 is 24.1. The fourth-order valence-corrected chi connectivity index (χ4v) is 1.51. The molecule has 0 heterocycles. The van der Waals surface area contributed by atoms with Crippen LogP contribution in [0.15, 0.2) is 18.2 Å². The van der Waals surface area contributed by atoms with Crippen LogP contribution in [0.3, 0.4) is 0 Å². The maximum absolute atomic E-state index is 13.8. The molecular formula is C15H24FNO3. The van der Waals surface area contributed by atoms with E-state index in [0.717, 1.165) is 12.1 Å². The number of benzene rings is 1. The van der Waals surface area contributed by atoms with Crippen LogP contribution in [0, 0.1) is 5.82 Å². The van der Waals surface area contributed by atoms with Gasteiger partial charge in [-0.15, -0.1) is 0 Å². The number of rotatable bonds is 9. The minimum Gasteiger partial charge on any atom is -0.488 e. The summed E-state index contributed by atoms with van der Waals surface area (Å²) in [6.07, 6.45) is 0.552. The lowest BCUT2D eigenvalue weighted by Gasteiger charge is -2.21. The molecule has 0 aliphatic rings. The van der Waals surface area contributed by atoms with Crippen molar-refractivity contribution in [2.24, 2.45) is 0 Å². The zero-order chi connectivity index (χ0) is 15.0. The molecule has 20 heavy (non-hydrogen) atoms. The first-order chi connectivity index (χ1) is 9.48. The molecule has 5 heteroatoms. The molecule has 1 atom stereocenters. The Hall–Kier alpha value is -1.17. The Morgan fingerprint density at radius 3 is 2.75 bits per heavy atom. The normalized spacial score (nSPS) is 14.1. The lowest BCUT2D eigenvalue weighted by atomic mass is 10.1. The molecule has 2 N–H and O–H groups in total. The van der Waals surface area contributed by atoms with Crippen molar-refractivity contribution in [1.82, 2.24) is 5.32 Å². The Labute approximate surface area is 119 Å². The van der Waals surface area contributed by atoms with Crippen molar-refractivity contribution in [2.75, 3.05) is 26.9 Å². The van der Waals surface area contributed by atoms with Crippen LogP contribution < -0.4 is 10.1 Å². The molecule has 0 bridgehead atoms. The Balaban J connectivity index is 2.51. The third-order valence-corrected chi connectivity index (χ3v) is 3.11. The average molecular weight is 285 g/mol. The van der Waals surface area contributed by atoms with Crippen molar-refractivity contribution in [3.8, 4) is 5.75 Å². The second-order valence-electron chi connectivity index (χ2n) is 5.07. The van der Waals surface area contributed by atoms with E-state index in [-0.39, 0.29) is 12.4 Å². The summed E-state index contributed by atoms with van der Waals surface area (Å²) in [5.41, 5.74) is -0.0967. The highest BCUT2D eigenvalue weighted by atomic mass is 19.1. The van der Waals surface area contributed by atoms with E-state index in [9.17, 15) is 9.50 Å². The first-order valence-corrected chi connectivity index (χ1v) is 6.82. The quantitative estimate of drug-likeness (QED) is 0.682. The van der Waals surface area contributed by atoms with Gasteiger partial charge in [0.1, 0.15) is 6.61 Å². The molecule has 0 saturated carbocycles. The summed E-state index contributed by atoms with van der Waals surface area (Å²) >= 11 is 0. The van der Waals surface area contributed by atoms with Crippen LogP contribution in [-0.2, 0) is 11.3 Å². The van der Waals surface area contributed by atoms with E-state index in [1.54, 1.807) is 26.2 Å². The standard InChI is InChI=1S/C15H24FNO3/c1-4-15(2,18)11-20-14-6-5-12(9-13(14)16)10-17-7-8-19-3/h5-6,9,17-18H,4,7-8,10-11H2,1-3H3. The third kappa shape index (κ3) is 5.86. The highest BCUT2D eigenvalue weighted by Gasteiger charge is 2.19. The number of aliphatic hydroxyl groups is 1. The van der Waals surface area contributed by atoms with Crippen molar-refractivity contribution in [2.45, 2.75) is 32.4 Å². The van der Waals surface area contributed by atoms with Crippen molar-refractivity contribution < 1.29 is 19.0 Å². The number of methoxy groups -OCH3 is 1.